The van der Waals surface area contributed by atoms with E-state index in [1.807, 2.05) is 6.92 Å². The number of urea groups is 1. The number of aliphatic carboxylic acids is 1. The lowest BCUT2D eigenvalue weighted by Crippen LogP contribution is -2.50. The van der Waals surface area contributed by atoms with Crippen LogP contribution in [0.5, 0.6) is 0 Å². The highest BCUT2D eigenvalue weighted by atomic mass is 16.4. The molecule has 0 spiro atoms. The summed E-state index contributed by atoms with van der Waals surface area (Å²) in [6.07, 6.45) is 5.99. The van der Waals surface area contributed by atoms with Crippen LogP contribution in [0.15, 0.2) is 0 Å². The molecule has 0 radical (unpaired) electrons. The highest BCUT2D eigenvalue weighted by molar-refractivity contribution is 5.82. The maximum Gasteiger partial charge on any atom is 0.326 e. The van der Waals surface area contributed by atoms with E-state index in [2.05, 4.69) is 10.6 Å². The molecule has 5 heteroatoms. The Morgan fingerprint density at radius 2 is 1.72 bits per heavy atom. The highest BCUT2D eigenvalue weighted by Gasteiger charge is 2.42. The van der Waals surface area contributed by atoms with Gasteiger partial charge < -0.3 is 15.7 Å². The van der Waals surface area contributed by atoms with Gasteiger partial charge in [-0.1, -0.05) is 13.3 Å². The van der Waals surface area contributed by atoms with Crippen molar-refractivity contribution in [1.29, 1.82) is 0 Å². The molecule has 2 saturated carbocycles. The van der Waals surface area contributed by atoms with E-state index >= 15 is 0 Å². The van der Waals surface area contributed by atoms with E-state index < -0.39 is 12.0 Å². The Kier molecular flexibility index (Phi) is 4.09. The number of nitrogens with one attached hydrogen (secondary N) is 2. The van der Waals surface area contributed by atoms with Crippen LogP contribution < -0.4 is 10.6 Å². The van der Waals surface area contributed by atoms with Crippen molar-refractivity contribution in [2.75, 3.05) is 0 Å². The zero-order valence-electron chi connectivity index (χ0n) is 10.8. The van der Waals surface area contributed by atoms with E-state index in [4.69, 9.17) is 5.11 Å². The fraction of sp³-hybridized carbons (Fsp3) is 0.846. The van der Waals surface area contributed by atoms with Crippen molar-refractivity contribution in [1.82, 2.24) is 10.6 Å². The van der Waals surface area contributed by atoms with Crippen molar-refractivity contribution in [2.45, 2.75) is 57.5 Å². The Morgan fingerprint density at radius 1 is 1.17 bits per heavy atom. The standard InChI is InChI=1S/C13H22N2O3/c1-2-3-10(12(16)17)14-13(18)15-11(8-4-5-8)9-6-7-9/h8-11H,2-7H2,1H3,(H,16,17)(H2,14,15,18)/t10-/m0/s1. The number of carbonyl (C=O) groups is 2. The van der Waals surface area contributed by atoms with E-state index in [-0.39, 0.29) is 12.1 Å². The van der Waals surface area contributed by atoms with Gasteiger partial charge in [0.25, 0.3) is 0 Å². The SMILES string of the molecule is CCC[C@H](NC(=O)NC(C1CC1)C1CC1)C(=O)O. The van der Waals surface area contributed by atoms with Gasteiger partial charge >= 0.3 is 12.0 Å². The molecule has 3 N–H and O–H groups in total. The van der Waals surface area contributed by atoms with Gasteiger partial charge in [-0.15, -0.1) is 0 Å². The lowest BCUT2D eigenvalue weighted by Gasteiger charge is -2.20. The first-order chi connectivity index (χ1) is 8.61. The predicted molar refractivity (Wildman–Crippen MR) is 67.2 cm³/mol. The smallest absolute Gasteiger partial charge is 0.326 e. The second kappa shape index (κ2) is 5.59. The van der Waals surface area contributed by atoms with E-state index in [9.17, 15) is 9.59 Å². The van der Waals surface area contributed by atoms with Gasteiger partial charge in [-0.05, 0) is 43.9 Å². The number of amides is 2. The maximum atomic E-state index is 11.8. The van der Waals surface area contributed by atoms with Crippen LogP contribution in [0.2, 0.25) is 0 Å². The van der Waals surface area contributed by atoms with Gasteiger partial charge in [0.05, 0.1) is 0 Å². The average molecular weight is 254 g/mol. The van der Waals surface area contributed by atoms with Crippen molar-refractivity contribution >= 4 is 12.0 Å². The highest BCUT2D eigenvalue weighted by Crippen LogP contribution is 2.44. The summed E-state index contributed by atoms with van der Waals surface area (Å²) in [5.41, 5.74) is 0. The molecule has 2 rings (SSSR count). The number of hydrogen-bond acceptors (Lipinski definition) is 2. The van der Waals surface area contributed by atoms with Crippen LogP contribution >= 0.6 is 0 Å². The molecule has 0 unspecified atom stereocenters. The average Bonchev–Trinajstić information content (AvgIpc) is 3.16. The minimum atomic E-state index is -0.957. The molecule has 2 fully saturated rings. The number of carboxylic acid groups (broad SMARTS) is 1. The molecule has 102 valence electrons. The molecular weight excluding hydrogens is 232 g/mol. The predicted octanol–water partition coefficient (Wildman–Crippen LogP) is 1.73. The number of hydrogen-bond donors (Lipinski definition) is 3. The number of carbonyl (C=O) groups excluding carboxylic acids is 1. The molecule has 0 heterocycles. The second-order valence-corrected chi connectivity index (χ2v) is 5.50. The molecule has 0 aliphatic heterocycles. The molecule has 5 nitrogen and oxygen atoms in total. The summed E-state index contributed by atoms with van der Waals surface area (Å²) in [4.78, 5) is 22.8. The first-order valence-corrected chi connectivity index (χ1v) is 6.91. The third-order valence-electron chi connectivity index (χ3n) is 3.74. The summed E-state index contributed by atoms with van der Waals surface area (Å²) < 4.78 is 0. The fourth-order valence-electron chi connectivity index (χ4n) is 2.43. The first-order valence-electron chi connectivity index (χ1n) is 6.91. The van der Waals surface area contributed by atoms with Crippen LogP contribution in [0.25, 0.3) is 0 Å². The first kappa shape index (κ1) is 13.2. The molecular formula is C13H22N2O3. The Labute approximate surface area is 107 Å². The lowest BCUT2D eigenvalue weighted by atomic mass is 10.1. The molecule has 0 aromatic rings. The van der Waals surface area contributed by atoms with Crippen molar-refractivity contribution < 1.29 is 14.7 Å². The van der Waals surface area contributed by atoms with Gasteiger partial charge in [0, 0.05) is 6.04 Å². The quantitative estimate of drug-likeness (QED) is 0.647. The van der Waals surface area contributed by atoms with E-state index in [1.54, 1.807) is 0 Å². The summed E-state index contributed by atoms with van der Waals surface area (Å²) in [5, 5.41) is 14.5. The molecule has 2 aliphatic carbocycles. The van der Waals surface area contributed by atoms with Crippen LogP contribution in [-0.4, -0.2) is 29.2 Å². The number of rotatable bonds is 7. The van der Waals surface area contributed by atoms with Crippen LogP contribution in [0.3, 0.4) is 0 Å². The van der Waals surface area contributed by atoms with Gasteiger partial charge in [-0.25, -0.2) is 9.59 Å². The minimum absolute atomic E-state index is 0.265. The van der Waals surface area contributed by atoms with Gasteiger partial charge in [-0.3, -0.25) is 0 Å². The van der Waals surface area contributed by atoms with Crippen molar-refractivity contribution in [3.05, 3.63) is 0 Å². The largest absolute Gasteiger partial charge is 0.480 e. The molecule has 0 bridgehead atoms. The van der Waals surface area contributed by atoms with Crippen LogP contribution in [0, 0.1) is 11.8 Å². The summed E-state index contributed by atoms with van der Waals surface area (Å²) >= 11 is 0. The summed E-state index contributed by atoms with van der Waals surface area (Å²) in [5.74, 6) is 0.289. The minimum Gasteiger partial charge on any atom is -0.480 e. The van der Waals surface area contributed by atoms with E-state index in [0.29, 0.717) is 18.3 Å². The molecule has 0 aromatic heterocycles. The Bertz CT molecular complexity index is 312. The second-order valence-electron chi connectivity index (χ2n) is 5.50. The Hall–Kier alpha value is -1.26. The van der Waals surface area contributed by atoms with Crippen molar-refractivity contribution in [2.24, 2.45) is 11.8 Å². The van der Waals surface area contributed by atoms with Crippen LogP contribution in [0.1, 0.15) is 45.4 Å². The molecule has 18 heavy (non-hydrogen) atoms. The Morgan fingerprint density at radius 3 is 2.11 bits per heavy atom. The summed E-state index contributed by atoms with van der Waals surface area (Å²) in [6.45, 7) is 1.91. The molecule has 2 amide bonds. The summed E-state index contributed by atoms with van der Waals surface area (Å²) in [6, 6.07) is -0.824. The van der Waals surface area contributed by atoms with E-state index in [1.165, 1.54) is 25.7 Å². The third kappa shape index (κ3) is 3.62. The van der Waals surface area contributed by atoms with E-state index in [0.717, 1.165) is 6.42 Å². The maximum absolute atomic E-state index is 11.8. The third-order valence-corrected chi connectivity index (χ3v) is 3.74. The number of carboxylic acids is 1. The van der Waals surface area contributed by atoms with Gasteiger partial charge in [0.15, 0.2) is 0 Å². The Balaban J connectivity index is 1.80. The van der Waals surface area contributed by atoms with Crippen molar-refractivity contribution in [3.8, 4) is 0 Å². The van der Waals surface area contributed by atoms with Gasteiger partial charge in [-0.2, -0.15) is 0 Å². The molecule has 0 aromatic carbocycles. The zero-order chi connectivity index (χ0) is 13.1. The van der Waals surface area contributed by atoms with Crippen LogP contribution in [0.4, 0.5) is 4.79 Å². The fourth-order valence-corrected chi connectivity index (χ4v) is 2.43. The van der Waals surface area contributed by atoms with Gasteiger partial charge in [0.2, 0.25) is 0 Å². The summed E-state index contributed by atoms with van der Waals surface area (Å²) in [7, 11) is 0. The van der Waals surface area contributed by atoms with Gasteiger partial charge in [0.1, 0.15) is 6.04 Å². The molecule has 0 saturated heterocycles. The monoisotopic (exact) mass is 254 g/mol. The molecule has 2 aliphatic rings. The van der Waals surface area contributed by atoms with Crippen LogP contribution in [-0.2, 0) is 4.79 Å². The molecule has 1 atom stereocenters. The van der Waals surface area contributed by atoms with Crippen molar-refractivity contribution in [3.63, 3.8) is 0 Å². The lowest BCUT2D eigenvalue weighted by molar-refractivity contribution is -0.139. The zero-order valence-corrected chi connectivity index (χ0v) is 10.8. The normalized spacial score (nSPS) is 20.6. The topological polar surface area (TPSA) is 78.4 Å².